The molecule has 3 heteroatoms. The molecular formula is C11H13NO2. The van der Waals surface area contributed by atoms with Crippen molar-refractivity contribution in [2.24, 2.45) is 0 Å². The SMILES string of the molecule is CN1C(=O)OC[C@@H]1Cc1ccccc1. The van der Waals surface area contributed by atoms with E-state index in [4.69, 9.17) is 4.74 Å². The number of carbonyl (C=O) groups is 1. The van der Waals surface area contributed by atoms with Crippen molar-refractivity contribution in [1.82, 2.24) is 4.90 Å². The van der Waals surface area contributed by atoms with Crippen LogP contribution in [0.2, 0.25) is 0 Å². The number of carbonyl (C=O) groups excluding carboxylic acids is 1. The number of cyclic esters (lactones) is 1. The van der Waals surface area contributed by atoms with Crippen molar-refractivity contribution in [2.45, 2.75) is 12.5 Å². The van der Waals surface area contributed by atoms with Crippen LogP contribution >= 0.6 is 0 Å². The Bertz CT molecular complexity index is 323. The fourth-order valence-corrected chi connectivity index (χ4v) is 1.61. The van der Waals surface area contributed by atoms with Crippen LogP contribution in [-0.4, -0.2) is 30.7 Å². The topological polar surface area (TPSA) is 29.5 Å². The molecule has 1 amide bonds. The Labute approximate surface area is 83.3 Å². The van der Waals surface area contributed by atoms with Crippen LogP contribution in [0.1, 0.15) is 5.56 Å². The number of rotatable bonds is 2. The van der Waals surface area contributed by atoms with Crippen LogP contribution in [0.25, 0.3) is 0 Å². The van der Waals surface area contributed by atoms with Crippen LogP contribution in [0.5, 0.6) is 0 Å². The molecule has 1 heterocycles. The minimum absolute atomic E-state index is 0.185. The lowest BCUT2D eigenvalue weighted by Crippen LogP contribution is -2.30. The van der Waals surface area contributed by atoms with E-state index >= 15 is 0 Å². The molecule has 0 unspecified atom stereocenters. The molecule has 1 atom stereocenters. The third-order valence-electron chi connectivity index (χ3n) is 2.55. The maximum absolute atomic E-state index is 11.1. The number of ether oxygens (including phenoxy) is 1. The molecule has 1 saturated heterocycles. The molecule has 3 nitrogen and oxygen atoms in total. The molecule has 0 aliphatic carbocycles. The predicted octanol–water partition coefficient (Wildman–Crippen LogP) is 1.68. The number of nitrogens with zero attached hydrogens (tertiary/aromatic N) is 1. The zero-order valence-corrected chi connectivity index (χ0v) is 8.14. The minimum Gasteiger partial charge on any atom is -0.447 e. The van der Waals surface area contributed by atoms with Crippen LogP contribution in [0.3, 0.4) is 0 Å². The van der Waals surface area contributed by atoms with Crippen LogP contribution in [0.4, 0.5) is 4.79 Å². The highest BCUT2D eigenvalue weighted by Gasteiger charge is 2.29. The Balaban J connectivity index is 2.02. The van der Waals surface area contributed by atoms with Gasteiger partial charge in [-0.2, -0.15) is 0 Å². The molecule has 0 bridgehead atoms. The Hall–Kier alpha value is -1.51. The van der Waals surface area contributed by atoms with Gasteiger partial charge >= 0.3 is 6.09 Å². The summed E-state index contributed by atoms with van der Waals surface area (Å²) in [4.78, 5) is 12.7. The van der Waals surface area contributed by atoms with Crippen molar-refractivity contribution in [3.63, 3.8) is 0 Å². The summed E-state index contributed by atoms with van der Waals surface area (Å²) in [5.41, 5.74) is 1.24. The first kappa shape index (κ1) is 9.06. The second-order valence-corrected chi connectivity index (χ2v) is 3.53. The summed E-state index contributed by atoms with van der Waals surface area (Å²) in [7, 11) is 1.78. The fraction of sp³-hybridized carbons (Fsp3) is 0.364. The van der Waals surface area contributed by atoms with Crippen molar-refractivity contribution in [3.05, 3.63) is 35.9 Å². The fourth-order valence-electron chi connectivity index (χ4n) is 1.61. The van der Waals surface area contributed by atoms with Gasteiger partial charge in [0.25, 0.3) is 0 Å². The molecule has 74 valence electrons. The lowest BCUT2D eigenvalue weighted by atomic mass is 10.1. The summed E-state index contributed by atoms with van der Waals surface area (Å²) >= 11 is 0. The van der Waals surface area contributed by atoms with Crippen molar-refractivity contribution in [2.75, 3.05) is 13.7 Å². The molecule has 0 spiro atoms. The number of amides is 1. The quantitative estimate of drug-likeness (QED) is 0.711. The maximum atomic E-state index is 11.1. The van der Waals surface area contributed by atoms with Gasteiger partial charge in [-0.25, -0.2) is 4.79 Å². The van der Waals surface area contributed by atoms with E-state index in [0.717, 1.165) is 6.42 Å². The van der Waals surface area contributed by atoms with E-state index in [-0.39, 0.29) is 12.1 Å². The van der Waals surface area contributed by atoms with Gasteiger partial charge in [-0.15, -0.1) is 0 Å². The Kier molecular flexibility index (Phi) is 2.39. The van der Waals surface area contributed by atoms with Crippen LogP contribution < -0.4 is 0 Å². The lowest BCUT2D eigenvalue weighted by molar-refractivity contribution is 0.163. The van der Waals surface area contributed by atoms with Crippen LogP contribution in [0.15, 0.2) is 30.3 Å². The van der Waals surface area contributed by atoms with Gasteiger partial charge in [0.05, 0.1) is 6.04 Å². The van der Waals surface area contributed by atoms with Crippen molar-refractivity contribution >= 4 is 6.09 Å². The maximum Gasteiger partial charge on any atom is 0.409 e. The monoisotopic (exact) mass is 191 g/mol. The summed E-state index contributed by atoms with van der Waals surface area (Å²) in [6.07, 6.45) is 0.647. The number of hydrogen-bond donors (Lipinski definition) is 0. The highest BCUT2D eigenvalue weighted by molar-refractivity contribution is 5.69. The van der Waals surface area contributed by atoms with E-state index in [1.54, 1.807) is 11.9 Å². The van der Waals surface area contributed by atoms with E-state index in [2.05, 4.69) is 12.1 Å². The van der Waals surface area contributed by atoms with E-state index in [1.165, 1.54) is 5.56 Å². The van der Waals surface area contributed by atoms with E-state index in [1.807, 2.05) is 18.2 Å². The summed E-state index contributed by atoms with van der Waals surface area (Å²) in [6.45, 7) is 0.504. The van der Waals surface area contributed by atoms with E-state index in [0.29, 0.717) is 6.61 Å². The van der Waals surface area contributed by atoms with Crippen molar-refractivity contribution in [3.8, 4) is 0 Å². The van der Waals surface area contributed by atoms with Crippen LogP contribution in [0, 0.1) is 0 Å². The smallest absolute Gasteiger partial charge is 0.409 e. The van der Waals surface area contributed by atoms with Gasteiger partial charge in [-0.05, 0) is 12.0 Å². The Morgan fingerprint density at radius 2 is 2.14 bits per heavy atom. The van der Waals surface area contributed by atoms with Gasteiger partial charge in [0.15, 0.2) is 0 Å². The molecule has 0 aromatic heterocycles. The molecule has 0 saturated carbocycles. The van der Waals surface area contributed by atoms with Crippen LogP contribution in [-0.2, 0) is 11.2 Å². The van der Waals surface area contributed by atoms with Gasteiger partial charge in [0, 0.05) is 7.05 Å². The second kappa shape index (κ2) is 3.70. The van der Waals surface area contributed by atoms with Gasteiger partial charge in [0.1, 0.15) is 6.61 Å². The number of likely N-dealkylation sites (N-methyl/N-ethyl adjacent to an activating group) is 1. The van der Waals surface area contributed by atoms with Crippen molar-refractivity contribution < 1.29 is 9.53 Å². The predicted molar refractivity (Wildman–Crippen MR) is 53.0 cm³/mol. The molecular weight excluding hydrogens is 178 g/mol. The van der Waals surface area contributed by atoms with E-state index < -0.39 is 0 Å². The first-order chi connectivity index (χ1) is 6.77. The molecule has 1 fully saturated rings. The highest BCUT2D eigenvalue weighted by Crippen LogP contribution is 2.14. The first-order valence-electron chi connectivity index (χ1n) is 4.71. The molecule has 0 N–H and O–H groups in total. The third kappa shape index (κ3) is 1.71. The zero-order chi connectivity index (χ0) is 9.97. The van der Waals surface area contributed by atoms with Gasteiger partial charge < -0.3 is 9.64 Å². The summed E-state index contributed by atoms with van der Waals surface area (Å²) in [5, 5.41) is 0. The van der Waals surface area contributed by atoms with Gasteiger partial charge in [-0.3, -0.25) is 0 Å². The minimum atomic E-state index is -0.217. The third-order valence-corrected chi connectivity index (χ3v) is 2.55. The molecule has 0 radical (unpaired) electrons. The molecule has 1 aliphatic rings. The highest BCUT2D eigenvalue weighted by atomic mass is 16.6. The van der Waals surface area contributed by atoms with Gasteiger partial charge in [0.2, 0.25) is 0 Å². The summed E-state index contributed by atoms with van der Waals surface area (Å²) in [5.74, 6) is 0. The average Bonchev–Trinajstić information content (AvgIpc) is 2.52. The normalized spacial score (nSPS) is 21.1. The molecule has 1 aromatic carbocycles. The lowest BCUT2D eigenvalue weighted by Gasteiger charge is -2.15. The summed E-state index contributed by atoms with van der Waals surface area (Å²) < 4.78 is 4.94. The largest absolute Gasteiger partial charge is 0.447 e. The number of hydrogen-bond acceptors (Lipinski definition) is 2. The molecule has 1 aromatic rings. The Morgan fingerprint density at radius 1 is 1.43 bits per heavy atom. The first-order valence-corrected chi connectivity index (χ1v) is 4.71. The van der Waals surface area contributed by atoms with Crippen molar-refractivity contribution in [1.29, 1.82) is 0 Å². The number of benzene rings is 1. The van der Waals surface area contributed by atoms with E-state index in [9.17, 15) is 4.79 Å². The average molecular weight is 191 g/mol. The molecule has 2 rings (SSSR count). The Morgan fingerprint density at radius 3 is 2.71 bits per heavy atom. The molecule has 1 aliphatic heterocycles. The second-order valence-electron chi connectivity index (χ2n) is 3.53. The molecule has 14 heavy (non-hydrogen) atoms. The zero-order valence-electron chi connectivity index (χ0n) is 8.14. The summed E-state index contributed by atoms with van der Waals surface area (Å²) in [6, 6.07) is 10.3. The van der Waals surface area contributed by atoms with Gasteiger partial charge in [-0.1, -0.05) is 30.3 Å². The standard InChI is InChI=1S/C11H13NO2/c1-12-10(8-14-11(12)13)7-9-5-3-2-4-6-9/h2-6,10H,7-8H2,1H3/t10-/m0/s1.